The number of hydrogen-bond donors (Lipinski definition) is 4. The fraction of sp³-hybridized carbons (Fsp3) is 0.388. The Morgan fingerprint density at radius 3 is 1.22 bits per heavy atom. The number of carbonyl (C=O) groups excluding carboxylic acids is 10. The summed E-state index contributed by atoms with van der Waals surface area (Å²) in [6, 6.07) is 54.6. The number of benzene rings is 10. The van der Waals surface area contributed by atoms with E-state index in [0.717, 1.165) is 88.8 Å². The van der Waals surface area contributed by atoms with E-state index in [1.807, 2.05) is 183 Å². The number of methoxy groups -OCH3 is 2. The Bertz CT molecular complexity index is 6960. The number of anilines is 6. The smallest absolute Gasteiger partial charge is 0.272 e. The van der Waals surface area contributed by atoms with Crippen LogP contribution in [0.25, 0.3) is 0 Å². The van der Waals surface area contributed by atoms with Gasteiger partial charge in [-0.15, -0.1) is 0 Å². The van der Waals surface area contributed by atoms with Crippen molar-refractivity contribution in [3.05, 3.63) is 277 Å². The fourth-order valence-corrected chi connectivity index (χ4v) is 22.0. The van der Waals surface area contributed by atoms with Gasteiger partial charge in [-0.25, -0.2) is 0 Å². The minimum absolute atomic E-state index is 0.00224. The molecule has 8 aliphatic rings. The van der Waals surface area contributed by atoms with E-state index in [4.69, 9.17) is 37.6 Å². The van der Waals surface area contributed by atoms with Crippen LogP contribution < -0.4 is 69.3 Å². The molecule has 8 amide bonds. The third kappa shape index (κ3) is 22.6. The van der Waals surface area contributed by atoms with Crippen LogP contribution >= 0.6 is 0 Å². The molecule has 756 valence electrons. The van der Waals surface area contributed by atoms with E-state index >= 15 is 0 Å². The van der Waals surface area contributed by atoms with E-state index in [9.17, 15) is 56.4 Å². The first kappa shape index (κ1) is 102. The molecule has 0 radical (unpaired) electrons. The van der Waals surface area contributed by atoms with Crippen LogP contribution in [0.2, 0.25) is 0 Å². The van der Waals surface area contributed by atoms with Crippen LogP contribution in [-0.2, 0) is 114 Å². The lowest BCUT2D eigenvalue weighted by Gasteiger charge is -2.28. The molecular weight excluding hydrogens is 1860 g/mol. The molecule has 10 aromatic rings. The Kier molecular flexibility index (Phi) is 30.0. The highest BCUT2D eigenvalue weighted by Crippen LogP contribution is 2.48. The van der Waals surface area contributed by atoms with Gasteiger partial charge in [0.05, 0.1) is 56.7 Å². The number of para-hydroxylation sites is 4. The zero-order valence-electron chi connectivity index (χ0n) is 84.9. The van der Waals surface area contributed by atoms with E-state index in [1.54, 1.807) is 82.2 Å². The average molecular weight is 1980 g/mol. The van der Waals surface area contributed by atoms with E-state index in [1.165, 1.54) is 12.7 Å². The second-order valence-corrected chi connectivity index (χ2v) is 43.9. The van der Waals surface area contributed by atoms with Crippen molar-refractivity contribution in [2.75, 3.05) is 51.6 Å². The van der Waals surface area contributed by atoms with Crippen LogP contribution in [0.5, 0.6) is 34.5 Å². The Hall–Kier alpha value is -14.3. The van der Waals surface area contributed by atoms with Crippen molar-refractivity contribution in [3.8, 4) is 34.5 Å². The predicted molar refractivity (Wildman–Crippen MR) is 557 cm³/mol. The molecule has 0 aromatic heterocycles. The molecule has 8 aliphatic heterocycles. The highest BCUT2D eigenvalue weighted by Gasteiger charge is 2.49. The molecule has 0 saturated heterocycles. The molecule has 0 saturated carbocycles. The summed E-state index contributed by atoms with van der Waals surface area (Å²) in [5.74, 6) is -0.960. The van der Waals surface area contributed by atoms with Gasteiger partial charge in [0.15, 0.2) is 34.6 Å². The van der Waals surface area contributed by atoms with Crippen LogP contribution in [0.4, 0.5) is 39.8 Å². The number of ketones is 2. The number of rotatable bonds is 32. The number of fused-ring (bicyclic) bond motifs is 16. The molecule has 28 nitrogen and oxygen atoms in total. The molecule has 9 atom stereocenters. The van der Waals surface area contributed by atoms with Gasteiger partial charge >= 0.3 is 0 Å². The van der Waals surface area contributed by atoms with Crippen molar-refractivity contribution in [1.82, 2.24) is 10.6 Å². The molecule has 1 unspecified atom stereocenters. The number of nitrogens with one attached hydrogen (secondary N) is 4. The van der Waals surface area contributed by atoms with E-state index in [-0.39, 0.29) is 134 Å². The highest BCUT2D eigenvalue weighted by molar-refractivity contribution is 7.87. The molecule has 145 heavy (non-hydrogen) atoms. The lowest BCUT2D eigenvalue weighted by Crippen LogP contribution is -2.47. The third-order valence-corrected chi connectivity index (χ3v) is 30.5. The maximum absolute atomic E-state index is 14.4. The Morgan fingerprint density at radius 1 is 0.414 bits per heavy atom. The first-order chi connectivity index (χ1) is 69.2. The van der Waals surface area contributed by atoms with Gasteiger partial charge in [0.2, 0.25) is 23.6 Å². The standard InChI is InChI=1S/C59H66N4O11S.C57H61N5O8/c1-34-21-45-42(30-54(75(69,70)72-8)49-27-41-14-10-12-16-48(41)63(49)58(45)68)29-51(34)73-32-37-23-38(25-43(24-37)61-56(66)35(2)22-50(64)36(3)60-55(65)19-20-59(4,5)6)33-74-53-28-39-17-18-44-26-40-13-9-11-15-47(40)62(44)57(67)46(39)31-52(53)71-7;1-33-20-45-46(58-30-43-26-40-13-9-11-15-48(40)62(43)56(45)67)29-50(33)69-31-36-22-37(24-41(23-36)60-54(65)34(2)21-49(63)35(3)59-53(64)18-19-57(4,5)6)32-70-52-27-38-16-17-42-25-39-12-8-10-14-47(39)61(42)55(66)44(38)28-51(52)68-7/h9-16,21,23-25,28-29,31,35-36,44,49,54H,17-20,22,26-27,30,32-33H2,1-8H3,(H,60,65)(H,61,66);8-15,20,22-24,27-30,34-35,42-43H,16-19,21,25-26,31-32H2,1-7H3,(H,59,64)(H,60,65)/t35-,36+,44-,49+,54?;34-,35+,42-,43+/m11/s1. The van der Waals surface area contributed by atoms with Gasteiger partial charge in [-0.1, -0.05) is 128 Å². The van der Waals surface area contributed by atoms with Gasteiger partial charge < -0.3 is 64.4 Å². The van der Waals surface area contributed by atoms with E-state index < -0.39 is 51.2 Å². The zero-order valence-corrected chi connectivity index (χ0v) is 85.7. The zero-order chi connectivity index (χ0) is 103. The molecule has 0 bridgehead atoms. The maximum Gasteiger partial charge on any atom is 0.272 e. The minimum Gasteiger partial charge on any atom is -0.493 e. The lowest BCUT2D eigenvalue weighted by molar-refractivity contribution is -0.129. The maximum atomic E-state index is 14.4. The summed E-state index contributed by atoms with van der Waals surface area (Å²) >= 11 is 0. The number of nitrogens with zero attached hydrogens (tertiary/aromatic N) is 5. The summed E-state index contributed by atoms with van der Waals surface area (Å²) in [5.41, 5.74) is 17.6. The van der Waals surface area contributed by atoms with Gasteiger partial charge in [0.1, 0.15) is 43.2 Å². The minimum atomic E-state index is -4.10. The van der Waals surface area contributed by atoms with Gasteiger partial charge in [-0.3, -0.25) is 62.0 Å². The van der Waals surface area contributed by atoms with Crippen LogP contribution in [-0.4, -0.2) is 136 Å². The Morgan fingerprint density at radius 2 is 0.786 bits per heavy atom. The van der Waals surface area contributed by atoms with Crippen molar-refractivity contribution in [1.29, 1.82) is 0 Å². The molecular formula is C116H127N9O19S. The number of aliphatic imine (C=N–C) groups is 1. The molecule has 18 rings (SSSR count). The summed E-state index contributed by atoms with van der Waals surface area (Å²) in [7, 11) is 0.120. The number of hydrogen-bond acceptors (Lipinski definition) is 20. The summed E-state index contributed by atoms with van der Waals surface area (Å²) in [4.78, 5) is 148. The number of carbonyl (C=O) groups is 10. The monoisotopic (exact) mass is 1980 g/mol. The number of amides is 8. The quantitative estimate of drug-likeness (QED) is 0.0285. The summed E-state index contributed by atoms with van der Waals surface area (Å²) in [6.07, 6.45) is 9.22. The largest absolute Gasteiger partial charge is 0.493 e. The van der Waals surface area contributed by atoms with Crippen molar-refractivity contribution >= 4 is 115 Å². The van der Waals surface area contributed by atoms with Gasteiger partial charge in [-0.05, 0) is 278 Å². The van der Waals surface area contributed by atoms with Crippen LogP contribution in [0.1, 0.15) is 234 Å². The Labute approximate surface area is 847 Å². The number of ether oxygens (including phenoxy) is 6. The van der Waals surface area contributed by atoms with Gasteiger partial charge in [-0.2, -0.15) is 8.42 Å². The van der Waals surface area contributed by atoms with Gasteiger partial charge in [0, 0.05) is 119 Å². The van der Waals surface area contributed by atoms with Gasteiger partial charge in [0.25, 0.3) is 33.7 Å². The summed E-state index contributed by atoms with van der Waals surface area (Å²) in [5, 5.41) is 10.5. The second kappa shape index (κ2) is 42.5. The second-order valence-electron chi connectivity index (χ2n) is 42.0. The molecule has 4 N–H and O–H groups in total. The predicted octanol–water partition coefficient (Wildman–Crippen LogP) is 18.8. The number of aryl methyl sites for hydroxylation is 4. The molecule has 10 aromatic carbocycles. The average Bonchev–Trinajstić information content (AvgIpc) is 1.58. The number of Topliss-reactive ketones (excluding diaryl/α,β-unsaturated/α-hetero) is 2. The SMILES string of the molecule is COc1cc2c(cc1OCc1cc(COc3cc4c(cc3C)C(=O)N3c5ccccc5C[C@H]3C(S(=O)(=O)OC)C4)cc(NC(=O)[C@H](C)CC(=O)[C@H](C)NC(=O)CCC(C)(C)C)c1)CC[C@@H]1Cc3ccccc3N1C2=O.COc1cc2c(cc1OCc1cc(COc3cc4c(cc3C)C(=O)N3c5ccccc5C[C@H]3C=N4)cc(NC(=O)[C@H](C)CC(=O)[C@H](C)NC(=O)CCC(C)(C)C)c1)CC[C@@H]1Cc3ccccc3N1C2=O. The van der Waals surface area contributed by atoms with Crippen molar-refractivity contribution in [2.45, 2.75) is 247 Å². The molecule has 29 heteroatoms. The summed E-state index contributed by atoms with van der Waals surface area (Å²) < 4.78 is 69.9. The van der Waals surface area contributed by atoms with E-state index in [2.05, 4.69) is 54.2 Å². The van der Waals surface area contributed by atoms with Crippen molar-refractivity contribution < 1.29 is 89.0 Å². The molecule has 8 heterocycles. The Balaban J connectivity index is 0.000000199. The van der Waals surface area contributed by atoms with Crippen molar-refractivity contribution in [2.24, 2.45) is 27.7 Å². The normalized spacial score (nSPS) is 18.0. The topological polar surface area (TPSA) is 343 Å². The molecule has 0 fully saturated rings. The third-order valence-electron chi connectivity index (χ3n) is 28.8. The van der Waals surface area contributed by atoms with Crippen LogP contribution in [0, 0.1) is 36.5 Å². The highest BCUT2D eigenvalue weighted by atomic mass is 32.2. The van der Waals surface area contributed by atoms with Crippen molar-refractivity contribution in [3.63, 3.8) is 0 Å². The first-order valence-electron chi connectivity index (χ1n) is 50.0. The summed E-state index contributed by atoms with van der Waals surface area (Å²) in [6.45, 7) is 22.9. The van der Waals surface area contributed by atoms with Crippen LogP contribution in [0.15, 0.2) is 187 Å². The molecule has 0 spiro atoms. The fourth-order valence-electron chi connectivity index (χ4n) is 20.8. The van der Waals surface area contributed by atoms with Crippen LogP contribution in [0.3, 0.4) is 0 Å². The lowest BCUT2D eigenvalue weighted by atomic mass is 9.90. The van der Waals surface area contributed by atoms with E-state index in [0.29, 0.717) is 152 Å². The molecule has 0 aliphatic carbocycles. The first-order valence-corrected chi connectivity index (χ1v) is 51.4.